The fourth-order valence-electron chi connectivity index (χ4n) is 4.80. The molecule has 0 radical (unpaired) electrons. The fourth-order valence-corrected chi connectivity index (χ4v) is 5.31. The van der Waals surface area contributed by atoms with Crippen LogP contribution in [-0.2, 0) is 10.0 Å². The summed E-state index contributed by atoms with van der Waals surface area (Å²) < 4.78 is 29.5. The number of imidazole rings is 1. The smallest absolute Gasteiger partial charge is 0.245 e. The molecule has 37 heavy (non-hydrogen) atoms. The number of aromatic amines is 1. The maximum atomic E-state index is 11.6. The number of pyridine rings is 1. The number of rotatable bonds is 6. The van der Waals surface area contributed by atoms with Gasteiger partial charge in [-0.2, -0.15) is 4.98 Å². The van der Waals surface area contributed by atoms with Gasteiger partial charge in [0.2, 0.25) is 21.9 Å². The van der Waals surface area contributed by atoms with E-state index in [1.54, 1.807) is 24.7 Å². The number of ether oxygens (including phenoxy) is 1. The molecular formula is C26H25N7O3S. The predicted octanol–water partition coefficient (Wildman–Crippen LogP) is 3.15. The molecule has 6 rings (SSSR count). The van der Waals surface area contributed by atoms with E-state index >= 15 is 0 Å². The topological polar surface area (TPSA) is 149 Å². The number of hydrogen-bond donors (Lipinski definition) is 3. The second-order valence-electron chi connectivity index (χ2n) is 9.58. The Kier molecular flexibility index (Phi) is 5.78. The van der Waals surface area contributed by atoms with Crippen LogP contribution in [0.5, 0.6) is 5.88 Å². The Morgan fingerprint density at radius 1 is 1.05 bits per heavy atom. The van der Waals surface area contributed by atoms with E-state index in [2.05, 4.69) is 32.1 Å². The summed E-state index contributed by atoms with van der Waals surface area (Å²) in [6, 6.07) is 9.87. The van der Waals surface area contributed by atoms with Crippen molar-refractivity contribution in [1.82, 2.24) is 24.9 Å². The SMILES string of the molecule is C[C@@H](Nc1nc(OC2C[C@@H]3C[C@@H]3C2)c2nc(C#Cc3cnc[nH]3)ccc2n1)c1ccc(S(N)(=O)=O)cc1. The zero-order valence-electron chi connectivity index (χ0n) is 20.0. The quantitative estimate of drug-likeness (QED) is 0.332. The number of H-pyrrole nitrogens is 1. The first kappa shape index (κ1) is 23.4. The second-order valence-corrected chi connectivity index (χ2v) is 11.1. The molecule has 0 aliphatic heterocycles. The molecule has 0 spiro atoms. The van der Waals surface area contributed by atoms with Crippen LogP contribution in [0.15, 0.2) is 53.8 Å². The summed E-state index contributed by atoms with van der Waals surface area (Å²) in [5, 5.41) is 8.51. The number of nitrogens with one attached hydrogen (secondary N) is 2. The lowest BCUT2D eigenvalue weighted by Gasteiger charge is -2.18. The number of anilines is 1. The van der Waals surface area contributed by atoms with Gasteiger partial charge in [0.05, 0.1) is 29.0 Å². The molecule has 0 amide bonds. The second kappa shape index (κ2) is 9.14. The average Bonchev–Trinajstić information content (AvgIpc) is 3.23. The van der Waals surface area contributed by atoms with Crippen LogP contribution in [0.2, 0.25) is 0 Å². The lowest BCUT2D eigenvalue weighted by atomic mass is 10.1. The zero-order chi connectivity index (χ0) is 25.6. The van der Waals surface area contributed by atoms with Gasteiger partial charge in [-0.3, -0.25) is 0 Å². The third kappa shape index (κ3) is 5.12. The van der Waals surface area contributed by atoms with Crippen LogP contribution in [0.3, 0.4) is 0 Å². The molecule has 2 fully saturated rings. The van der Waals surface area contributed by atoms with E-state index in [1.165, 1.54) is 18.6 Å². The van der Waals surface area contributed by atoms with Gasteiger partial charge < -0.3 is 15.0 Å². The van der Waals surface area contributed by atoms with Crippen molar-refractivity contribution in [3.63, 3.8) is 0 Å². The van der Waals surface area contributed by atoms with Gasteiger partial charge in [0, 0.05) is 0 Å². The highest BCUT2D eigenvalue weighted by atomic mass is 32.2. The lowest BCUT2D eigenvalue weighted by molar-refractivity contribution is 0.189. The Hall–Kier alpha value is -4.01. The molecule has 1 aromatic carbocycles. The number of sulfonamides is 1. The molecule has 3 aromatic heterocycles. The van der Waals surface area contributed by atoms with Crippen molar-refractivity contribution < 1.29 is 13.2 Å². The first-order valence-corrected chi connectivity index (χ1v) is 13.6. The van der Waals surface area contributed by atoms with Crippen molar-refractivity contribution in [2.75, 3.05) is 5.32 Å². The number of nitrogens with two attached hydrogens (primary N) is 1. The van der Waals surface area contributed by atoms with Crippen LogP contribution >= 0.6 is 0 Å². The Morgan fingerprint density at radius 3 is 2.54 bits per heavy atom. The molecule has 1 unspecified atom stereocenters. The minimum Gasteiger partial charge on any atom is -0.473 e. The molecule has 2 aliphatic rings. The molecular weight excluding hydrogens is 490 g/mol. The summed E-state index contributed by atoms with van der Waals surface area (Å²) >= 11 is 0. The van der Waals surface area contributed by atoms with Crippen molar-refractivity contribution in [3.05, 3.63) is 65.9 Å². The van der Waals surface area contributed by atoms with Crippen molar-refractivity contribution in [2.24, 2.45) is 17.0 Å². The van der Waals surface area contributed by atoms with Crippen LogP contribution in [-0.4, -0.2) is 39.4 Å². The van der Waals surface area contributed by atoms with Crippen LogP contribution in [0.1, 0.15) is 49.2 Å². The maximum Gasteiger partial charge on any atom is 0.245 e. The number of nitrogens with zero attached hydrogens (tertiary/aromatic N) is 4. The summed E-state index contributed by atoms with van der Waals surface area (Å²) in [6.45, 7) is 1.94. The normalized spacial score (nSPS) is 21.1. The van der Waals surface area contributed by atoms with Gasteiger partial charge in [-0.25, -0.2) is 28.5 Å². The largest absolute Gasteiger partial charge is 0.473 e. The molecule has 3 heterocycles. The van der Waals surface area contributed by atoms with Gasteiger partial charge >= 0.3 is 0 Å². The van der Waals surface area contributed by atoms with Gasteiger partial charge in [0.1, 0.15) is 17.5 Å². The number of primary sulfonamides is 1. The lowest BCUT2D eigenvalue weighted by Crippen LogP contribution is -2.17. The Bertz CT molecular complexity index is 1620. The molecule has 11 heteroatoms. The Balaban J connectivity index is 1.30. The third-order valence-electron chi connectivity index (χ3n) is 6.87. The van der Waals surface area contributed by atoms with E-state index in [4.69, 9.17) is 19.8 Å². The summed E-state index contributed by atoms with van der Waals surface area (Å²) in [6.07, 6.45) is 6.70. The number of aromatic nitrogens is 5. The minimum atomic E-state index is -3.75. The third-order valence-corrected chi connectivity index (χ3v) is 7.80. The summed E-state index contributed by atoms with van der Waals surface area (Å²) in [5.41, 5.74) is 3.34. The van der Waals surface area contributed by atoms with Gasteiger partial charge in [0.25, 0.3) is 0 Å². The summed E-state index contributed by atoms with van der Waals surface area (Å²) in [5.74, 6) is 8.41. The van der Waals surface area contributed by atoms with Gasteiger partial charge in [0.15, 0.2) is 5.52 Å². The number of fused-ring (bicyclic) bond motifs is 2. The highest BCUT2D eigenvalue weighted by Gasteiger charge is 2.47. The molecule has 2 aliphatic carbocycles. The summed E-state index contributed by atoms with van der Waals surface area (Å²) in [7, 11) is -3.75. The van der Waals surface area contributed by atoms with E-state index in [0.29, 0.717) is 34.2 Å². The Labute approximate surface area is 214 Å². The average molecular weight is 516 g/mol. The molecule has 0 saturated heterocycles. The standard InChI is InChI=1S/C26H25N7O3S/c1-15(16-2-7-22(8-3-16)37(27,34)35)30-26-32-23-9-6-19(4-5-20-13-28-14-29-20)31-24(23)25(33-26)36-21-11-17-10-18(17)12-21/h2-3,6-9,13-15,17-18,21H,10-12H2,1H3,(H,28,29)(H2,27,34,35)(H,30,32,33)/t15-,17-,18+,21?/m1/s1. The van der Waals surface area contributed by atoms with Crippen molar-refractivity contribution in [1.29, 1.82) is 0 Å². The number of benzene rings is 1. The molecule has 4 atom stereocenters. The van der Waals surface area contributed by atoms with E-state index in [0.717, 1.165) is 30.2 Å². The van der Waals surface area contributed by atoms with Gasteiger partial charge in [-0.15, -0.1) is 0 Å². The highest BCUT2D eigenvalue weighted by molar-refractivity contribution is 7.89. The molecule has 4 aromatic rings. The van der Waals surface area contributed by atoms with Crippen LogP contribution in [0.25, 0.3) is 11.0 Å². The van der Waals surface area contributed by atoms with Gasteiger partial charge in [-0.1, -0.05) is 12.1 Å². The van der Waals surface area contributed by atoms with Crippen LogP contribution in [0.4, 0.5) is 5.95 Å². The molecule has 0 bridgehead atoms. The van der Waals surface area contributed by atoms with Gasteiger partial charge in [-0.05, 0) is 79.7 Å². The maximum absolute atomic E-state index is 11.6. The van der Waals surface area contributed by atoms with E-state index in [9.17, 15) is 8.42 Å². The molecule has 10 nitrogen and oxygen atoms in total. The highest BCUT2D eigenvalue weighted by Crippen LogP contribution is 2.52. The minimum absolute atomic E-state index is 0.0632. The monoisotopic (exact) mass is 515 g/mol. The van der Waals surface area contributed by atoms with Crippen molar-refractivity contribution in [2.45, 2.75) is 43.2 Å². The van der Waals surface area contributed by atoms with E-state index < -0.39 is 10.0 Å². The molecule has 188 valence electrons. The fraction of sp³-hybridized carbons (Fsp3) is 0.308. The number of hydrogen-bond acceptors (Lipinski definition) is 8. The van der Waals surface area contributed by atoms with E-state index in [1.807, 2.05) is 19.1 Å². The first-order valence-electron chi connectivity index (χ1n) is 12.1. The zero-order valence-corrected chi connectivity index (χ0v) is 20.9. The molecule has 2 saturated carbocycles. The molecule has 4 N–H and O–H groups in total. The van der Waals surface area contributed by atoms with Crippen molar-refractivity contribution >= 4 is 27.0 Å². The van der Waals surface area contributed by atoms with Crippen LogP contribution < -0.4 is 15.2 Å². The van der Waals surface area contributed by atoms with Crippen molar-refractivity contribution in [3.8, 4) is 17.7 Å². The van der Waals surface area contributed by atoms with Crippen LogP contribution in [0, 0.1) is 23.7 Å². The Morgan fingerprint density at radius 2 is 1.84 bits per heavy atom. The van der Waals surface area contributed by atoms with E-state index in [-0.39, 0.29) is 17.0 Å². The predicted molar refractivity (Wildman–Crippen MR) is 137 cm³/mol. The first-order chi connectivity index (χ1) is 17.8. The summed E-state index contributed by atoms with van der Waals surface area (Å²) in [4.78, 5) is 21.1.